The van der Waals surface area contributed by atoms with Crippen LogP contribution in [-0.2, 0) is 19.5 Å². The van der Waals surface area contributed by atoms with Gasteiger partial charge in [-0.1, -0.05) is 24.3 Å². The van der Waals surface area contributed by atoms with Crippen LogP contribution < -0.4 is 0 Å². The van der Waals surface area contributed by atoms with E-state index in [1.165, 1.54) is 25.7 Å². The van der Waals surface area contributed by atoms with Crippen LogP contribution in [-0.4, -0.2) is 0 Å². The van der Waals surface area contributed by atoms with Crippen molar-refractivity contribution in [2.75, 3.05) is 0 Å². The molecule has 0 aromatic carbocycles. The van der Waals surface area contributed by atoms with Crippen molar-refractivity contribution in [3.63, 3.8) is 0 Å². The van der Waals surface area contributed by atoms with Crippen molar-refractivity contribution in [3.8, 4) is 0 Å². The predicted octanol–water partition coefficient (Wildman–Crippen LogP) is 3.09. The molecule has 0 nitrogen and oxygen atoms in total. The molecular formula is C8H13ClRu. The molecule has 0 N–H and O–H groups in total. The van der Waals surface area contributed by atoms with Crippen molar-refractivity contribution in [2.24, 2.45) is 0 Å². The first-order valence-electron chi connectivity index (χ1n) is 3.32. The van der Waals surface area contributed by atoms with E-state index < -0.39 is 0 Å². The van der Waals surface area contributed by atoms with Crippen molar-refractivity contribution in [1.82, 2.24) is 0 Å². The van der Waals surface area contributed by atoms with Crippen LogP contribution in [0.3, 0.4) is 0 Å². The summed E-state index contributed by atoms with van der Waals surface area (Å²) >= 11 is 0. The quantitative estimate of drug-likeness (QED) is 0.576. The van der Waals surface area contributed by atoms with Crippen molar-refractivity contribution >= 4 is 12.4 Å². The van der Waals surface area contributed by atoms with Gasteiger partial charge in [-0.3, -0.25) is 0 Å². The molecular weight excluding hydrogens is 233 g/mol. The summed E-state index contributed by atoms with van der Waals surface area (Å²) in [7, 11) is 0. The summed E-state index contributed by atoms with van der Waals surface area (Å²) in [6, 6.07) is 0. The second-order valence-corrected chi connectivity index (χ2v) is 2.14. The molecule has 0 aromatic rings. The number of halogens is 1. The third-order valence-corrected chi connectivity index (χ3v) is 1.37. The molecule has 2 heteroatoms. The van der Waals surface area contributed by atoms with Gasteiger partial charge >= 0.3 is 0 Å². The predicted molar refractivity (Wildman–Crippen MR) is 44.0 cm³/mol. The minimum absolute atomic E-state index is 0. The molecule has 0 unspecified atom stereocenters. The van der Waals surface area contributed by atoms with Gasteiger partial charge in [0.25, 0.3) is 0 Å². The molecule has 0 radical (unpaired) electrons. The zero-order valence-electron chi connectivity index (χ0n) is 5.90. The molecule has 0 bridgehead atoms. The van der Waals surface area contributed by atoms with Gasteiger partial charge in [-0.2, -0.15) is 0 Å². The summed E-state index contributed by atoms with van der Waals surface area (Å²) in [5, 5.41) is 0. The van der Waals surface area contributed by atoms with Gasteiger partial charge in [0.05, 0.1) is 0 Å². The van der Waals surface area contributed by atoms with Gasteiger partial charge in [-0.25, -0.2) is 0 Å². The van der Waals surface area contributed by atoms with E-state index in [1.807, 2.05) is 0 Å². The summed E-state index contributed by atoms with van der Waals surface area (Å²) in [6.45, 7) is 0. The van der Waals surface area contributed by atoms with Gasteiger partial charge in [-0.15, -0.1) is 12.4 Å². The largest absolute Gasteiger partial charge is 0.147 e. The monoisotopic (exact) mass is 246 g/mol. The van der Waals surface area contributed by atoms with Crippen LogP contribution in [0.2, 0.25) is 0 Å². The van der Waals surface area contributed by atoms with Crippen LogP contribution in [0.4, 0.5) is 0 Å². The van der Waals surface area contributed by atoms with E-state index in [9.17, 15) is 0 Å². The van der Waals surface area contributed by atoms with Gasteiger partial charge in [0.15, 0.2) is 0 Å². The minimum Gasteiger partial charge on any atom is -0.147 e. The Morgan fingerprint density at radius 1 is 0.800 bits per heavy atom. The zero-order valence-corrected chi connectivity index (χ0v) is 8.45. The normalized spacial score (nSPS) is 22.4. The fraction of sp³-hybridized carbons (Fsp3) is 0.500. The number of hydrogen-bond acceptors (Lipinski definition) is 0. The molecule has 1 aliphatic carbocycles. The summed E-state index contributed by atoms with van der Waals surface area (Å²) in [6.07, 6.45) is 14.0. The zero-order chi connectivity index (χ0) is 5.66. The van der Waals surface area contributed by atoms with E-state index in [1.54, 1.807) is 0 Å². The standard InChI is InChI=1S/C8H12.ClH.Ru/c1-2-4-6-8-7-5-3-1;;/h1-4H,5-8H2;1H;/b3-1-,4-2-;;. The second-order valence-electron chi connectivity index (χ2n) is 2.14. The van der Waals surface area contributed by atoms with E-state index in [-0.39, 0.29) is 31.9 Å². The van der Waals surface area contributed by atoms with Crippen LogP contribution in [0.15, 0.2) is 24.3 Å². The van der Waals surface area contributed by atoms with Gasteiger partial charge < -0.3 is 0 Å². The van der Waals surface area contributed by atoms with Gasteiger partial charge in [0.1, 0.15) is 0 Å². The smallest absolute Gasteiger partial charge is 0 e. The maximum absolute atomic E-state index is 2.23. The summed E-state index contributed by atoms with van der Waals surface area (Å²) in [5.41, 5.74) is 0. The first-order valence-corrected chi connectivity index (χ1v) is 3.32. The summed E-state index contributed by atoms with van der Waals surface area (Å²) in [4.78, 5) is 0. The molecule has 0 heterocycles. The van der Waals surface area contributed by atoms with Crippen LogP contribution in [0.5, 0.6) is 0 Å². The van der Waals surface area contributed by atoms with E-state index in [2.05, 4.69) is 24.3 Å². The average Bonchev–Trinajstić information content (AvgIpc) is 1.62. The number of hydrogen-bond donors (Lipinski definition) is 0. The topological polar surface area (TPSA) is 0 Å². The van der Waals surface area contributed by atoms with Gasteiger partial charge in [-0.05, 0) is 25.7 Å². The van der Waals surface area contributed by atoms with Crippen LogP contribution >= 0.6 is 12.4 Å². The Labute approximate surface area is 81.9 Å². The third kappa shape index (κ3) is 6.51. The molecule has 0 spiro atoms. The Morgan fingerprint density at radius 3 is 1.60 bits per heavy atom. The van der Waals surface area contributed by atoms with Crippen molar-refractivity contribution in [1.29, 1.82) is 0 Å². The van der Waals surface area contributed by atoms with Gasteiger partial charge in [0.2, 0.25) is 0 Å². The van der Waals surface area contributed by atoms with Crippen LogP contribution in [0, 0.1) is 0 Å². The van der Waals surface area contributed by atoms with E-state index in [4.69, 9.17) is 0 Å². The first-order chi connectivity index (χ1) is 4.00. The van der Waals surface area contributed by atoms with E-state index >= 15 is 0 Å². The Kier molecular flexibility index (Phi) is 12.2. The number of rotatable bonds is 0. The maximum atomic E-state index is 2.23. The Morgan fingerprint density at radius 2 is 1.20 bits per heavy atom. The molecule has 10 heavy (non-hydrogen) atoms. The van der Waals surface area contributed by atoms with Crippen LogP contribution in [0.25, 0.3) is 0 Å². The Bertz CT molecular complexity index is 93.8. The SMILES string of the molecule is C1=C\CCCC\C=C/1.Cl.[Ru]. The molecule has 60 valence electrons. The molecule has 0 fully saturated rings. The molecule has 0 aromatic heterocycles. The Hall–Kier alpha value is 0.393. The molecule has 0 atom stereocenters. The third-order valence-electron chi connectivity index (χ3n) is 1.37. The fourth-order valence-electron chi connectivity index (χ4n) is 0.874. The molecule has 0 aliphatic heterocycles. The van der Waals surface area contributed by atoms with Crippen molar-refractivity contribution in [2.45, 2.75) is 25.7 Å². The molecule has 0 saturated heterocycles. The second kappa shape index (κ2) is 9.39. The summed E-state index contributed by atoms with van der Waals surface area (Å²) in [5.74, 6) is 0. The van der Waals surface area contributed by atoms with Crippen LogP contribution in [0.1, 0.15) is 25.7 Å². The Balaban J connectivity index is 0. The fourth-order valence-corrected chi connectivity index (χ4v) is 0.874. The minimum atomic E-state index is 0. The average molecular weight is 246 g/mol. The maximum Gasteiger partial charge on any atom is 0 e. The number of allylic oxidation sites excluding steroid dienone is 4. The van der Waals surface area contributed by atoms with E-state index in [0.717, 1.165) is 0 Å². The van der Waals surface area contributed by atoms with Crippen molar-refractivity contribution in [3.05, 3.63) is 24.3 Å². The summed E-state index contributed by atoms with van der Waals surface area (Å²) < 4.78 is 0. The van der Waals surface area contributed by atoms with E-state index in [0.29, 0.717) is 0 Å². The molecule has 0 saturated carbocycles. The molecule has 0 amide bonds. The van der Waals surface area contributed by atoms with Crippen molar-refractivity contribution < 1.29 is 19.5 Å². The molecule has 1 aliphatic rings. The first kappa shape index (κ1) is 13.0. The van der Waals surface area contributed by atoms with Gasteiger partial charge in [0, 0.05) is 19.5 Å². The molecule has 1 rings (SSSR count).